The van der Waals surface area contributed by atoms with Crippen LogP contribution in [0.5, 0.6) is 0 Å². The number of benzene rings is 1. The Bertz CT molecular complexity index is 996. The molecule has 0 bridgehead atoms. The van der Waals surface area contributed by atoms with Gasteiger partial charge in [-0.05, 0) is 49.2 Å². The molecule has 2 N–H and O–H groups in total. The standard InChI is InChI=1S/C22H23F6N5O/c23-21(24,25)15-9-16(22(26,27)28)11-18(10-15)33(29)20(34)19(14-3-1-5-30-12-14)32-8-7-31-6-2-4-17(31)13-32/h1,3,5,9-12,17,19H,2,4,6-8,13,29H2/t17-,19-/m1/s1. The van der Waals surface area contributed by atoms with Gasteiger partial charge in [-0.15, -0.1) is 0 Å². The van der Waals surface area contributed by atoms with Crippen LogP contribution in [0, 0.1) is 0 Å². The maximum absolute atomic E-state index is 13.5. The van der Waals surface area contributed by atoms with Gasteiger partial charge in [0.1, 0.15) is 6.04 Å². The van der Waals surface area contributed by atoms with Crippen molar-refractivity contribution in [3.8, 4) is 0 Å². The van der Waals surface area contributed by atoms with Gasteiger partial charge in [0.05, 0.1) is 16.8 Å². The zero-order chi connectivity index (χ0) is 24.7. The number of pyridine rings is 1. The Kier molecular flexibility index (Phi) is 6.58. The third-order valence-electron chi connectivity index (χ3n) is 6.31. The molecule has 184 valence electrons. The number of fused-ring (bicyclic) bond motifs is 1. The molecule has 34 heavy (non-hydrogen) atoms. The van der Waals surface area contributed by atoms with Gasteiger partial charge in [-0.1, -0.05) is 6.07 Å². The van der Waals surface area contributed by atoms with Crippen molar-refractivity contribution < 1.29 is 31.1 Å². The highest BCUT2D eigenvalue weighted by atomic mass is 19.4. The summed E-state index contributed by atoms with van der Waals surface area (Å²) in [5, 5.41) is 0.378. The summed E-state index contributed by atoms with van der Waals surface area (Å²) in [4.78, 5) is 21.7. The van der Waals surface area contributed by atoms with Crippen molar-refractivity contribution in [3.05, 3.63) is 59.4 Å². The molecule has 3 heterocycles. The molecule has 1 amide bonds. The predicted molar refractivity (Wildman–Crippen MR) is 111 cm³/mol. The van der Waals surface area contributed by atoms with Gasteiger partial charge in [-0.25, -0.2) is 10.9 Å². The monoisotopic (exact) mass is 487 g/mol. The second-order valence-electron chi connectivity index (χ2n) is 8.49. The van der Waals surface area contributed by atoms with Crippen LogP contribution in [0.15, 0.2) is 42.7 Å². The van der Waals surface area contributed by atoms with E-state index in [0.717, 1.165) is 19.4 Å². The fraction of sp³-hybridized carbons (Fsp3) is 0.455. The van der Waals surface area contributed by atoms with Gasteiger partial charge in [0.25, 0.3) is 5.91 Å². The molecule has 0 spiro atoms. The second kappa shape index (κ2) is 9.16. The highest BCUT2D eigenvalue weighted by Gasteiger charge is 2.40. The number of aromatic nitrogens is 1. The van der Waals surface area contributed by atoms with E-state index < -0.39 is 41.1 Å². The maximum Gasteiger partial charge on any atom is 0.416 e. The van der Waals surface area contributed by atoms with Crippen LogP contribution in [0.1, 0.15) is 35.6 Å². The molecule has 0 aliphatic carbocycles. The number of hydrogen-bond acceptors (Lipinski definition) is 5. The Labute approximate surface area is 191 Å². The Balaban J connectivity index is 1.70. The molecular formula is C22H23F6N5O. The number of hydrogen-bond donors (Lipinski definition) is 1. The van der Waals surface area contributed by atoms with Crippen LogP contribution in [0.25, 0.3) is 0 Å². The molecule has 4 rings (SSSR count). The highest BCUT2D eigenvalue weighted by molar-refractivity contribution is 5.97. The highest BCUT2D eigenvalue weighted by Crippen LogP contribution is 2.39. The van der Waals surface area contributed by atoms with E-state index >= 15 is 0 Å². The molecule has 0 radical (unpaired) electrons. The lowest BCUT2D eigenvalue weighted by Gasteiger charge is -2.41. The van der Waals surface area contributed by atoms with E-state index in [0.29, 0.717) is 42.3 Å². The predicted octanol–water partition coefficient (Wildman–Crippen LogP) is 3.85. The van der Waals surface area contributed by atoms with E-state index in [1.54, 1.807) is 12.1 Å². The first kappa shape index (κ1) is 24.4. The molecule has 0 saturated carbocycles. The number of anilines is 1. The van der Waals surface area contributed by atoms with Gasteiger partial charge < -0.3 is 0 Å². The Morgan fingerprint density at radius 3 is 2.32 bits per heavy atom. The van der Waals surface area contributed by atoms with E-state index in [9.17, 15) is 31.1 Å². The molecule has 2 aliphatic rings. The minimum absolute atomic E-state index is 0.000268. The molecule has 0 unspecified atom stereocenters. The molecule has 2 fully saturated rings. The largest absolute Gasteiger partial charge is 0.416 e. The fourth-order valence-electron chi connectivity index (χ4n) is 4.63. The van der Waals surface area contributed by atoms with Crippen molar-refractivity contribution in [3.63, 3.8) is 0 Å². The number of piperazine rings is 1. The van der Waals surface area contributed by atoms with E-state index in [2.05, 4.69) is 9.88 Å². The van der Waals surface area contributed by atoms with Crippen molar-refractivity contribution in [2.24, 2.45) is 5.84 Å². The van der Waals surface area contributed by atoms with Gasteiger partial charge in [-0.3, -0.25) is 19.6 Å². The van der Waals surface area contributed by atoms with Crippen LogP contribution in [-0.4, -0.2) is 52.9 Å². The number of nitrogens with zero attached hydrogens (tertiary/aromatic N) is 4. The minimum Gasteiger partial charge on any atom is -0.298 e. The summed E-state index contributed by atoms with van der Waals surface area (Å²) in [6.07, 6.45) is -5.19. The number of hydrazine groups is 1. The third kappa shape index (κ3) is 5.03. The number of carbonyl (C=O) groups is 1. The molecular weight excluding hydrogens is 464 g/mol. The van der Waals surface area contributed by atoms with Crippen molar-refractivity contribution in [2.45, 2.75) is 37.3 Å². The topological polar surface area (TPSA) is 65.7 Å². The zero-order valence-corrected chi connectivity index (χ0v) is 18.0. The zero-order valence-electron chi connectivity index (χ0n) is 18.0. The Morgan fingerprint density at radius 1 is 1.06 bits per heavy atom. The van der Waals surface area contributed by atoms with Gasteiger partial charge >= 0.3 is 12.4 Å². The molecule has 2 aromatic rings. The van der Waals surface area contributed by atoms with E-state index in [1.165, 1.54) is 12.4 Å². The number of carbonyl (C=O) groups excluding carboxylic acids is 1. The van der Waals surface area contributed by atoms with Crippen LogP contribution in [0.3, 0.4) is 0 Å². The van der Waals surface area contributed by atoms with Crippen LogP contribution < -0.4 is 10.9 Å². The lowest BCUT2D eigenvalue weighted by Crippen LogP contribution is -2.55. The van der Waals surface area contributed by atoms with E-state index in [4.69, 9.17) is 5.84 Å². The molecule has 6 nitrogen and oxygen atoms in total. The lowest BCUT2D eigenvalue weighted by molar-refractivity contribution is -0.143. The van der Waals surface area contributed by atoms with Crippen LogP contribution in [0.2, 0.25) is 0 Å². The van der Waals surface area contributed by atoms with Gasteiger partial charge in [0, 0.05) is 38.1 Å². The average molecular weight is 487 g/mol. The molecule has 12 heteroatoms. The first-order valence-electron chi connectivity index (χ1n) is 10.7. The summed E-state index contributed by atoms with van der Waals surface area (Å²) in [5.74, 6) is 5.07. The summed E-state index contributed by atoms with van der Waals surface area (Å²) in [6.45, 7) is 2.67. The first-order chi connectivity index (χ1) is 15.9. The molecule has 2 aliphatic heterocycles. The maximum atomic E-state index is 13.5. The number of alkyl halides is 6. The van der Waals surface area contributed by atoms with Gasteiger partial charge in [-0.2, -0.15) is 26.3 Å². The summed E-state index contributed by atoms with van der Waals surface area (Å²) in [6, 6.07) is 3.35. The number of rotatable bonds is 4. The smallest absolute Gasteiger partial charge is 0.298 e. The lowest BCUT2D eigenvalue weighted by atomic mass is 10.0. The number of amides is 1. The Hall–Kier alpha value is -2.70. The van der Waals surface area contributed by atoms with Crippen molar-refractivity contribution in [2.75, 3.05) is 31.2 Å². The molecule has 2 atom stereocenters. The average Bonchev–Trinajstić information content (AvgIpc) is 3.26. The van der Waals surface area contributed by atoms with Crippen molar-refractivity contribution >= 4 is 11.6 Å². The normalized spacial score (nSPS) is 20.7. The quantitative estimate of drug-likeness (QED) is 0.307. The van der Waals surface area contributed by atoms with Crippen LogP contribution >= 0.6 is 0 Å². The summed E-state index contributed by atoms with van der Waals surface area (Å²) in [7, 11) is 0. The van der Waals surface area contributed by atoms with Crippen molar-refractivity contribution in [1.29, 1.82) is 0 Å². The van der Waals surface area contributed by atoms with E-state index in [1.807, 2.05) is 4.90 Å². The van der Waals surface area contributed by atoms with Crippen LogP contribution in [-0.2, 0) is 17.1 Å². The summed E-state index contributed by atoms with van der Waals surface area (Å²) < 4.78 is 79.8. The third-order valence-corrected chi connectivity index (χ3v) is 6.31. The van der Waals surface area contributed by atoms with Gasteiger partial charge in [0.15, 0.2) is 0 Å². The minimum atomic E-state index is -5.05. The second-order valence-corrected chi connectivity index (χ2v) is 8.49. The summed E-state index contributed by atoms with van der Waals surface area (Å²) in [5.41, 5.74) is -3.32. The molecule has 1 aromatic carbocycles. The van der Waals surface area contributed by atoms with Crippen LogP contribution in [0.4, 0.5) is 32.0 Å². The van der Waals surface area contributed by atoms with E-state index in [-0.39, 0.29) is 12.1 Å². The number of halogens is 6. The SMILES string of the molecule is NN(C(=O)[C@@H](c1cccnc1)N1CCN2CCC[C@@H]2C1)c1cc(C(F)(F)F)cc(C(F)(F)F)c1. The summed E-state index contributed by atoms with van der Waals surface area (Å²) >= 11 is 0. The number of nitrogens with two attached hydrogens (primary N) is 1. The Morgan fingerprint density at radius 2 is 1.74 bits per heavy atom. The molecule has 2 saturated heterocycles. The fourth-order valence-corrected chi connectivity index (χ4v) is 4.63. The van der Waals surface area contributed by atoms with Crippen molar-refractivity contribution in [1.82, 2.24) is 14.8 Å². The van der Waals surface area contributed by atoms with Gasteiger partial charge in [0.2, 0.25) is 0 Å². The first-order valence-corrected chi connectivity index (χ1v) is 10.7. The molecule has 1 aromatic heterocycles.